The van der Waals surface area contributed by atoms with E-state index in [4.69, 9.17) is 0 Å². The molecule has 0 spiro atoms. The summed E-state index contributed by atoms with van der Waals surface area (Å²) in [5, 5.41) is 1.17. The Morgan fingerprint density at radius 2 is 1.69 bits per heavy atom. The average molecular weight is 207 g/mol. The second-order valence-electron chi connectivity index (χ2n) is 2.98. The van der Waals surface area contributed by atoms with E-state index in [1.807, 2.05) is 36.4 Å². The van der Waals surface area contributed by atoms with Gasteiger partial charge < -0.3 is 0 Å². The summed E-state index contributed by atoms with van der Waals surface area (Å²) in [4.78, 5) is 11.2. The molecule has 2 radical (unpaired) electrons. The second kappa shape index (κ2) is 5.56. The molecule has 0 N–H and O–H groups in total. The van der Waals surface area contributed by atoms with Crippen LogP contribution in [0, 0.1) is 12.5 Å². The van der Waals surface area contributed by atoms with Crippen LogP contribution in [-0.4, -0.2) is 15.0 Å². The van der Waals surface area contributed by atoms with E-state index in [-0.39, 0.29) is 0 Å². The van der Waals surface area contributed by atoms with Gasteiger partial charge in [0.2, 0.25) is 0 Å². The summed E-state index contributed by atoms with van der Waals surface area (Å²) in [5.41, 5.74) is 1.00. The Hall–Kier alpha value is -2.29. The van der Waals surface area contributed by atoms with Crippen molar-refractivity contribution in [3.05, 3.63) is 67.4 Å². The summed E-state index contributed by atoms with van der Waals surface area (Å²) < 4.78 is 0. The summed E-state index contributed by atoms with van der Waals surface area (Å²) >= 11 is 0. The largest absolute Gasteiger partial charge is 0.246 e. The maximum absolute atomic E-state index is 4.06. The molecule has 0 aliphatic rings. The molecule has 0 fully saturated rings. The van der Waals surface area contributed by atoms with Crippen LogP contribution in [0.5, 0.6) is 0 Å². The molecule has 0 aliphatic carbocycles. The maximum atomic E-state index is 4.06. The number of nitrogens with zero attached hydrogens (tertiary/aromatic N) is 3. The van der Waals surface area contributed by atoms with Gasteiger partial charge in [-0.2, -0.15) is 0 Å². The van der Waals surface area contributed by atoms with E-state index in [1.54, 1.807) is 18.5 Å². The first-order valence-electron chi connectivity index (χ1n) is 4.82. The van der Waals surface area contributed by atoms with Gasteiger partial charge in [0.15, 0.2) is 6.33 Å². The Kier molecular flexibility index (Phi) is 3.55. The van der Waals surface area contributed by atoms with Crippen LogP contribution in [0.25, 0.3) is 10.9 Å². The number of hydrogen-bond acceptors (Lipinski definition) is 3. The molecule has 3 rings (SSSR count). The number of pyridine rings is 1. The zero-order valence-corrected chi connectivity index (χ0v) is 8.54. The van der Waals surface area contributed by atoms with Gasteiger partial charge in [-0.05, 0) is 18.2 Å². The molecule has 0 aliphatic heterocycles. The van der Waals surface area contributed by atoms with Crippen molar-refractivity contribution >= 4 is 10.9 Å². The van der Waals surface area contributed by atoms with Gasteiger partial charge in [-0.3, -0.25) is 0 Å². The first-order valence-corrected chi connectivity index (χ1v) is 4.82. The fraction of sp³-hybridized carbons (Fsp3) is 0. The molecule has 2 heterocycles. The molecular formula is C13H9N3. The summed E-state index contributed by atoms with van der Waals surface area (Å²) in [7, 11) is 0. The lowest BCUT2D eigenvalue weighted by atomic mass is 10.2. The highest BCUT2D eigenvalue weighted by Gasteiger charge is 1.87. The first-order chi connectivity index (χ1) is 7.97. The van der Waals surface area contributed by atoms with Gasteiger partial charge in [0.1, 0.15) is 0 Å². The third kappa shape index (κ3) is 2.85. The van der Waals surface area contributed by atoms with Crippen molar-refractivity contribution in [2.24, 2.45) is 0 Å². The van der Waals surface area contributed by atoms with Crippen LogP contribution >= 0.6 is 0 Å². The molecule has 3 aromatic rings. The molecule has 0 amide bonds. The van der Waals surface area contributed by atoms with Crippen molar-refractivity contribution in [1.29, 1.82) is 0 Å². The Labute approximate surface area is 93.8 Å². The second-order valence-corrected chi connectivity index (χ2v) is 2.98. The Morgan fingerprint density at radius 3 is 2.31 bits per heavy atom. The van der Waals surface area contributed by atoms with E-state index in [2.05, 4.69) is 27.5 Å². The normalized spacial score (nSPS) is 9.25. The minimum atomic E-state index is 1.00. The highest BCUT2D eigenvalue weighted by atomic mass is 14.8. The Balaban J connectivity index is 0.000000138. The van der Waals surface area contributed by atoms with E-state index < -0.39 is 0 Å². The van der Waals surface area contributed by atoms with Crippen molar-refractivity contribution < 1.29 is 0 Å². The fourth-order valence-corrected chi connectivity index (χ4v) is 1.19. The van der Waals surface area contributed by atoms with Gasteiger partial charge in [-0.25, -0.2) is 15.0 Å². The summed E-state index contributed by atoms with van der Waals surface area (Å²) in [6.07, 6.45) is 8.44. The number of para-hydroxylation sites is 1. The maximum Gasteiger partial charge on any atom is 0.197 e. The zero-order chi connectivity index (χ0) is 11.1. The van der Waals surface area contributed by atoms with Crippen LogP contribution in [0.15, 0.2) is 54.9 Å². The SMILES string of the molecule is [c]1ccc2ccccc2n1.[c]1ncccn1. The molecular weight excluding hydrogens is 198 g/mol. The molecule has 0 bridgehead atoms. The fourth-order valence-electron chi connectivity index (χ4n) is 1.19. The van der Waals surface area contributed by atoms with Crippen LogP contribution in [-0.2, 0) is 0 Å². The van der Waals surface area contributed by atoms with Crippen LogP contribution in [0.2, 0.25) is 0 Å². The van der Waals surface area contributed by atoms with Crippen molar-refractivity contribution in [1.82, 2.24) is 15.0 Å². The minimum absolute atomic E-state index is 1.00. The topological polar surface area (TPSA) is 38.7 Å². The number of aromatic nitrogens is 3. The van der Waals surface area contributed by atoms with Crippen molar-refractivity contribution in [3.8, 4) is 0 Å². The lowest BCUT2D eigenvalue weighted by Crippen LogP contribution is -1.74. The van der Waals surface area contributed by atoms with Crippen molar-refractivity contribution in [2.75, 3.05) is 0 Å². The summed E-state index contributed by atoms with van der Waals surface area (Å²) in [6, 6.07) is 13.6. The molecule has 1 aromatic carbocycles. The predicted molar refractivity (Wildman–Crippen MR) is 61.4 cm³/mol. The quantitative estimate of drug-likeness (QED) is 0.567. The number of hydrogen-bond donors (Lipinski definition) is 0. The predicted octanol–water partition coefficient (Wildman–Crippen LogP) is 2.31. The van der Waals surface area contributed by atoms with Crippen LogP contribution < -0.4 is 0 Å². The van der Waals surface area contributed by atoms with Gasteiger partial charge in [0.05, 0.1) is 11.7 Å². The number of fused-ring (bicyclic) bond motifs is 1. The Bertz CT molecular complexity index is 445. The lowest BCUT2D eigenvalue weighted by molar-refractivity contribution is 1.15. The molecule has 0 saturated carbocycles. The van der Waals surface area contributed by atoms with Crippen LogP contribution in [0.4, 0.5) is 0 Å². The smallest absolute Gasteiger partial charge is 0.197 e. The molecule has 76 valence electrons. The molecule has 3 nitrogen and oxygen atoms in total. The van der Waals surface area contributed by atoms with E-state index in [0.717, 1.165) is 5.52 Å². The first kappa shape index (κ1) is 10.2. The van der Waals surface area contributed by atoms with Crippen molar-refractivity contribution in [3.63, 3.8) is 0 Å². The van der Waals surface area contributed by atoms with E-state index in [0.29, 0.717) is 0 Å². The van der Waals surface area contributed by atoms with Gasteiger partial charge in [-0.15, -0.1) is 0 Å². The molecule has 16 heavy (non-hydrogen) atoms. The van der Waals surface area contributed by atoms with Gasteiger partial charge in [0.25, 0.3) is 0 Å². The summed E-state index contributed by atoms with van der Waals surface area (Å²) in [6.45, 7) is 0. The monoisotopic (exact) mass is 207 g/mol. The zero-order valence-electron chi connectivity index (χ0n) is 8.54. The molecule has 0 unspecified atom stereocenters. The van der Waals surface area contributed by atoms with E-state index >= 15 is 0 Å². The Morgan fingerprint density at radius 1 is 0.875 bits per heavy atom. The third-order valence-corrected chi connectivity index (χ3v) is 1.90. The number of benzene rings is 1. The molecule has 0 atom stereocenters. The van der Waals surface area contributed by atoms with Crippen molar-refractivity contribution in [2.45, 2.75) is 0 Å². The van der Waals surface area contributed by atoms with Gasteiger partial charge in [0, 0.05) is 17.8 Å². The standard InChI is InChI=1S/C9H6N.C4H3N2/c1-2-6-9-8(4-1)5-3-7-10-9;1-2-5-4-6-3-1/h1-6H;1-3H. The molecule has 0 saturated heterocycles. The van der Waals surface area contributed by atoms with Gasteiger partial charge in [-0.1, -0.05) is 24.3 Å². The molecule has 2 aromatic heterocycles. The highest BCUT2D eigenvalue weighted by molar-refractivity contribution is 5.77. The van der Waals surface area contributed by atoms with E-state index in [9.17, 15) is 0 Å². The highest BCUT2D eigenvalue weighted by Crippen LogP contribution is 2.07. The summed E-state index contributed by atoms with van der Waals surface area (Å²) in [5.74, 6) is 0. The van der Waals surface area contributed by atoms with Crippen LogP contribution in [0.1, 0.15) is 0 Å². The van der Waals surface area contributed by atoms with E-state index in [1.165, 1.54) is 5.39 Å². The lowest BCUT2D eigenvalue weighted by Gasteiger charge is -1.91. The van der Waals surface area contributed by atoms with Gasteiger partial charge >= 0.3 is 0 Å². The number of rotatable bonds is 0. The van der Waals surface area contributed by atoms with Crippen LogP contribution in [0.3, 0.4) is 0 Å². The average Bonchev–Trinajstić information content (AvgIpc) is 2.42. The molecule has 3 heteroatoms. The third-order valence-electron chi connectivity index (χ3n) is 1.90. The minimum Gasteiger partial charge on any atom is -0.246 e.